The van der Waals surface area contributed by atoms with E-state index >= 15 is 0 Å². The van der Waals surface area contributed by atoms with Crippen molar-refractivity contribution in [3.05, 3.63) is 24.3 Å². The Morgan fingerprint density at radius 1 is 1.09 bits per heavy atom. The largest absolute Gasteiger partial charge is 0.495 e. The molecule has 0 saturated carbocycles. The van der Waals surface area contributed by atoms with Gasteiger partial charge in [0.15, 0.2) is 0 Å². The van der Waals surface area contributed by atoms with Crippen LogP contribution >= 0.6 is 0 Å². The minimum atomic E-state index is -3.32. The molecule has 1 aromatic rings. The fraction of sp³-hybridized carbons (Fsp3) is 0.625. The molecular formula is C16H25N3O3S. The van der Waals surface area contributed by atoms with Crippen LogP contribution in [0.25, 0.3) is 0 Å². The molecule has 1 atom stereocenters. The zero-order chi connectivity index (χ0) is 16.4. The maximum absolute atomic E-state index is 12.8. The highest BCUT2D eigenvalue weighted by Gasteiger charge is 2.37. The molecule has 0 N–H and O–H groups in total. The maximum atomic E-state index is 12.8. The average molecular weight is 339 g/mol. The number of nitrogens with zero attached hydrogens (tertiary/aromatic N) is 3. The van der Waals surface area contributed by atoms with Gasteiger partial charge in [-0.05, 0) is 31.9 Å². The monoisotopic (exact) mass is 339 g/mol. The first-order valence-electron chi connectivity index (χ1n) is 8.19. The van der Waals surface area contributed by atoms with Crippen molar-refractivity contribution in [3.8, 4) is 5.75 Å². The molecule has 2 aliphatic heterocycles. The molecule has 2 saturated heterocycles. The third-order valence-electron chi connectivity index (χ3n) is 4.78. The smallest absolute Gasteiger partial charge is 0.282 e. The van der Waals surface area contributed by atoms with Crippen molar-refractivity contribution in [2.45, 2.75) is 25.8 Å². The van der Waals surface area contributed by atoms with Gasteiger partial charge in [0, 0.05) is 38.8 Å². The van der Waals surface area contributed by atoms with E-state index in [0.29, 0.717) is 32.7 Å². The van der Waals surface area contributed by atoms with Gasteiger partial charge in [-0.25, -0.2) is 0 Å². The molecule has 2 fully saturated rings. The van der Waals surface area contributed by atoms with Crippen LogP contribution in [0.15, 0.2) is 24.3 Å². The van der Waals surface area contributed by atoms with Crippen LogP contribution in [0, 0.1) is 0 Å². The summed E-state index contributed by atoms with van der Waals surface area (Å²) in [5.74, 6) is 0.831. The highest BCUT2D eigenvalue weighted by atomic mass is 32.2. The molecule has 2 aliphatic rings. The van der Waals surface area contributed by atoms with Gasteiger partial charge >= 0.3 is 0 Å². The van der Waals surface area contributed by atoms with Crippen LogP contribution < -0.4 is 9.64 Å². The predicted molar refractivity (Wildman–Crippen MR) is 91.1 cm³/mol. The molecule has 2 heterocycles. The predicted octanol–water partition coefficient (Wildman–Crippen LogP) is 1.55. The summed E-state index contributed by atoms with van der Waals surface area (Å²) in [6.45, 7) is 5.04. The summed E-state index contributed by atoms with van der Waals surface area (Å²) in [7, 11) is -1.66. The van der Waals surface area contributed by atoms with Crippen LogP contribution in [-0.4, -0.2) is 62.9 Å². The lowest BCUT2D eigenvalue weighted by Crippen LogP contribution is -2.53. The number of ether oxygens (including phenoxy) is 1. The van der Waals surface area contributed by atoms with Gasteiger partial charge in [0.05, 0.1) is 12.8 Å². The molecule has 1 unspecified atom stereocenters. The number of benzene rings is 1. The van der Waals surface area contributed by atoms with Crippen LogP contribution in [-0.2, 0) is 10.2 Å². The first-order chi connectivity index (χ1) is 11.0. The Kier molecular flexibility index (Phi) is 4.79. The molecule has 0 aliphatic carbocycles. The molecule has 23 heavy (non-hydrogen) atoms. The zero-order valence-electron chi connectivity index (χ0n) is 13.8. The Morgan fingerprint density at radius 2 is 1.78 bits per heavy atom. The van der Waals surface area contributed by atoms with Crippen LogP contribution in [0.1, 0.15) is 19.8 Å². The van der Waals surface area contributed by atoms with E-state index < -0.39 is 10.2 Å². The lowest BCUT2D eigenvalue weighted by Gasteiger charge is -2.38. The third kappa shape index (κ3) is 3.18. The summed E-state index contributed by atoms with van der Waals surface area (Å²) in [5, 5.41) is 0. The SMILES string of the molecule is COc1ccccc1N1CCN(S(=O)(=O)N2CCCC2C)CC1. The standard InChI is InChI=1S/C16H25N3O3S/c1-14-6-5-9-19(14)23(20,21)18-12-10-17(11-13-18)15-7-3-4-8-16(15)22-2/h3-4,7-8,14H,5-6,9-13H2,1-2H3. The molecule has 0 spiro atoms. The molecule has 3 rings (SSSR count). The van der Waals surface area contributed by atoms with E-state index in [0.717, 1.165) is 24.3 Å². The van der Waals surface area contributed by atoms with Gasteiger partial charge in [-0.15, -0.1) is 0 Å². The highest BCUT2D eigenvalue weighted by molar-refractivity contribution is 7.86. The van der Waals surface area contributed by atoms with E-state index in [1.165, 1.54) is 0 Å². The second-order valence-corrected chi connectivity index (χ2v) is 8.05. The lowest BCUT2D eigenvalue weighted by atomic mass is 10.2. The molecule has 0 aromatic heterocycles. The summed E-state index contributed by atoms with van der Waals surface area (Å²) < 4.78 is 34.2. The molecule has 128 valence electrons. The summed E-state index contributed by atoms with van der Waals surface area (Å²) in [6, 6.07) is 7.99. The quantitative estimate of drug-likeness (QED) is 0.835. The van der Waals surface area contributed by atoms with Gasteiger partial charge in [0.1, 0.15) is 5.75 Å². The first-order valence-corrected chi connectivity index (χ1v) is 9.58. The summed E-state index contributed by atoms with van der Waals surface area (Å²) in [6.07, 6.45) is 1.92. The Balaban J connectivity index is 1.69. The minimum Gasteiger partial charge on any atom is -0.495 e. The van der Waals surface area contributed by atoms with Crippen molar-refractivity contribution in [2.24, 2.45) is 0 Å². The van der Waals surface area contributed by atoms with Crippen molar-refractivity contribution in [1.82, 2.24) is 8.61 Å². The van der Waals surface area contributed by atoms with E-state index in [1.54, 1.807) is 15.7 Å². The van der Waals surface area contributed by atoms with E-state index in [2.05, 4.69) is 4.90 Å². The zero-order valence-corrected chi connectivity index (χ0v) is 14.6. The molecule has 7 heteroatoms. The number of hydrogen-bond acceptors (Lipinski definition) is 4. The lowest BCUT2D eigenvalue weighted by molar-refractivity contribution is 0.320. The molecular weight excluding hydrogens is 314 g/mol. The number of anilines is 1. The summed E-state index contributed by atoms with van der Waals surface area (Å²) in [4.78, 5) is 2.19. The molecule has 6 nitrogen and oxygen atoms in total. The average Bonchev–Trinajstić information content (AvgIpc) is 3.02. The van der Waals surface area contributed by atoms with E-state index in [4.69, 9.17) is 4.74 Å². The van der Waals surface area contributed by atoms with Crippen molar-refractivity contribution in [2.75, 3.05) is 44.7 Å². The van der Waals surface area contributed by atoms with E-state index in [-0.39, 0.29) is 6.04 Å². The van der Waals surface area contributed by atoms with Gasteiger partial charge in [-0.1, -0.05) is 12.1 Å². The Hall–Kier alpha value is -1.31. The number of piperazine rings is 1. The van der Waals surface area contributed by atoms with Gasteiger partial charge in [0.25, 0.3) is 10.2 Å². The van der Waals surface area contributed by atoms with Crippen molar-refractivity contribution < 1.29 is 13.2 Å². The summed E-state index contributed by atoms with van der Waals surface area (Å²) in [5.41, 5.74) is 1.03. The normalized spacial score (nSPS) is 24.1. The van der Waals surface area contributed by atoms with Crippen LogP contribution in [0.5, 0.6) is 5.75 Å². The molecule has 0 radical (unpaired) electrons. The second kappa shape index (κ2) is 6.67. The fourth-order valence-corrected chi connectivity index (χ4v) is 5.29. The Morgan fingerprint density at radius 3 is 2.39 bits per heavy atom. The number of hydrogen-bond donors (Lipinski definition) is 0. The Bertz CT molecular complexity index is 642. The molecule has 0 amide bonds. The Labute approximate surface area is 138 Å². The van der Waals surface area contributed by atoms with E-state index in [1.807, 2.05) is 31.2 Å². The van der Waals surface area contributed by atoms with Crippen molar-refractivity contribution >= 4 is 15.9 Å². The summed E-state index contributed by atoms with van der Waals surface area (Å²) >= 11 is 0. The van der Waals surface area contributed by atoms with Gasteiger partial charge in [0.2, 0.25) is 0 Å². The topological polar surface area (TPSA) is 53.1 Å². The van der Waals surface area contributed by atoms with Gasteiger partial charge in [-0.3, -0.25) is 0 Å². The first kappa shape index (κ1) is 16.5. The molecule has 0 bridgehead atoms. The molecule has 1 aromatic carbocycles. The van der Waals surface area contributed by atoms with E-state index in [9.17, 15) is 8.42 Å². The van der Waals surface area contributed by atoms with Crippen molar-refractivity contribution in [1.29, 1.82) is 0 Å². The van der Waals surface area contributed by atoms with Crippen LogP contribution in [0.2, 0.25) is 0 Å². The third-order valence-corrected chi connectivity index (χ3v) is 6.93. The van der Waals surface area contributed by atoms with Gasteiger partial charge < -0.3 is 9.64 Å². The minimum absolute atomic E-state index is 0.118. The highest BCUT2D eigenvalue weighted by Crippen LogP contribution is 2.29. The fourth-order valence-electron chi connectivity index (χ4n) is 3.45. The van der Waals surface area contributed by atoms with Crippen LogP contribution in [0.3, 0.4) is 0 Å². The number of para-hydroxylation sites is 2. The van der Waals surface area contributed by atoms with Crippen LogP contribution in [0.4, 0.5) is 5.69 Å². The maximum Gasteiger partial charge on any atom is 0.282 e. The van der Waals surface area contributed by atoms with Gasteiger partial charge in [-0.2, -0.15) is 17.0 Å². The number of rotatable bonds is 4. The second-order valence-electron chi connectivity index (χ2n) is 6.17. The van der Waals surface area contributed by atoms with Crippen molar-refractivity contribution in [3.63, 3.8) is 0 Å². The number of methoxy groups -OCH3 is 1.